The van der Waals surface area contributed by atoms with Crippen LogP contribution in [0.25, 0.3) is 0 Å². The fourth-order valence-electron chi connectivity index (χ4n) is 6.27. The predicted octanol–water partition coefficient (Wildman–Crippen LogP) is 6.75. The van der Waals surface area contributed by atoms with Gasteiger partial charge in [-0.1, -0.05) is 0 Å². The van der Waals surface area contributed by atoms with Crippen molar-refractivity contribution in [2.75, 3.05) is 7.11 Å². The molecule has 5 rings (SSSR count). The number of alkyl halides is 9. The molecule has 6 atom stereocenters. The van der Waals surface area contributed by atoms with Crippen LogP contribution in [0.3, 0.4) is 0 Å². The molecule has 0 spiro atoms. The molecule has 2 aliphatic heterocycles. The van der Waals surface area contributed by atoms with Gasteiger partial charge in [0.1, 0.15) is 11.9 Å². The summed E-state index contributed by atoms with van der Waals surface area (Å²) < 4.78 is 133. The Morgan fingerprint density at radius 2 is 1.38 bits per heavy atom. The number of methoxy groups -OCH3 is 1. The van der Waals surface area contributed by atoms with Gasteiger partial charge < -0.3 is 19.7 Å². The molecule has 1 aliphatic carbocycles. The third-order valence-electron chi connectivity index (χ3n) is 8.16. The zero-order valence-corrected chi connectivity index (χ0v) is 21.6. The van der Waals surface area contributed by atoms with Crippen LogP contribution >= 0.6 is 0 Å². The molecule has 230 valence electrons. The van der Waals surface area contributed by atoms with E-state index in [0.717, 1.165) is 18.1 Å². The normalized spacial score (nSPS) is 28.3. The first-order chi connectivity index (χ1) is 19.4. The molecule has 42 heavy (non-hydrogen) atoms. The topological polar surface area (TPSA) is 79.2 Å². The van der Waals surface area contributed by atoms with E-state index in [-0.39, 0.29) is 48.6 Å². The molecular weight excluding hydrogens is 589 g/mol. The molecule has 2 heterocycles. The lowest BCUT2D eigenvalue weighted by atomic mass is 9.88. The van der Waals surface area contributed by atoms with Crippen molar-refractivity contribution in [3.8, 4) is 5.75 Å². The summed E-state index contributed by atoms with van der Waals surface area (Å²) in [5.41, 5.74) is -4.86. The van der Waals surface area contributed by atoms with Crippen LogP contribution in [0.2, 0.25) is 0 Å². The molecule has 15 heteroatoms. The lowest BCUT2D eigenvalue weighted by Gasteiger charge is -2.27. The summed E-state index contributed by atoms with van der Waals surface area (Å²) in [7, 11) is 1.11. The van der Waals surface area contributed by atoms with E-state index in [2.05, 4.69) is 0 Å². The Labute approximate surface area is 232 Å². The molecule has 3 aliphatic rings. The fourth-order valence-corrected chi connectivity index (χ4v) is 6.27. The second-order valence-electron chi connectivity index (χ2n) is 10.7. The van der Waals surface area contributed by atoms with E-state index in [1.54, 1.807) is 0 Å². The maximum Gasteiger partial charge on any atom is 0.416 e. The van der Waals surface area contributed by atoms with E-state index in [1.165, 1.54) is 6.07 Å². The molecule has 0 radical (unpaired) electrons. The first kappa shape index (κ1) is 30.3. The van der Waals surface area contributed by atoms with Gasteiger partial charge in [-0.15, -0.1) is 0 Å². The van der Waals surface area contributed by atoms with Gasteiger partial charge in [0, 0.05) is 5.56 Å². The number of rotatable bonds is 4. The molecule has 1 amide bonds. The van der Waals surface area contributed by atoms with Crippen molar-refractivity contribution in [1.82, 2.24) is 4.90 Å². The number of halogens is 9. The minimum Gasteiger partial charge on any atom is -0.496 e. The van der Waals surface area contributed by atoms with Crippen molar-refractivity contribution in [1.29, 1.82) is 0 Å². The van der Waals surface area contributed by atoms with Crippen molar-refractivity contribution in [2.24, 2.45) is 0 Å². The van der Waals surface area contributed by atoms with Gasteiger partial charge in [-0.2, -0.15) is 39.5 Å². The molecule has 1 saturated carbocycles. The Kier molecular flexibility index (Phi) is 7.36. The number of cyclic esters (lactones) is 1. The summed E-state index contributed by atoms with van der Waals surface area (Å²) in [5, 5.41) is 19.9. The SMILES string of the molecule is COc1cc(C(F)(F)F)c(C2C[C@@H](O)[C@@H](O)C2)cc1[C@@H]1CC[C@H]2[C@@H](c3cc(C(F)(F)F)cc(C(F)(F)F)c3)OC(=O)N12. The number of carbonyl (C=O) groups is 1. The monoisotopic (exact) mass is 613 g/mol. The van der Waals surface area contributed by atoms with Gasteiger partial charge in [0.2, 0.25) is 0 Å². The van der Waals surface area contributed by atoms with Crippen LogP contribution in [0.1, 0.15) is 77.1 Å². The van der Waals surface area contributed by atoms with Crippen LogP contribution in [-0.4, -0.2) is 46.6 Å². The van der Waals surface area contributed by atoms with Gasteiger partial charge in [-0.25, -0.2) is 4.79 Å². The number of amides is 1. The molecular formula is C27H24F9NO5. The Hall–Kier alpha value is -3.20. The molecule has 2 aromatic carbocycles. The van der Waals surface area contributed by atoms with Crippen LogP contribution in [0, 0.1) is 0 Å². The van der Waals surface area contributed by atoms with Crippen LogP contribution in [0.4, 0.5) is 44.3 Å². The minimum atomic E-state index is -5.12. The van der Waals surface area contributed by atoms with Gasteiger partial charge in [0.15, 0.2) is 0 Å². The van der Waals surface area contributed by atoms with Crippen molar-refractivity contribution in [3.63, 3.8) is 0 Å². The van der Waals surface area contributed by atoms with E-state index < -0.39 is 83.2 Å². The summed E-state index contributed by atoms with van der Waals surface area (Å²) in [5.74, 6) is -1.14. The number of carbonyl (C=O) groups excluding carboxylic acids is 1. The molecule has 1 unspecified atom stereocenters. The minimum absolute atomic E-state index is 0.0407. The van der Waals surface area contributed by atoms with E-state index in [9.17, 15) is 54.5 Å². The summed E-state index contributed by atoms with van der Waals surface area (Å²) >= 11 is 0. The van der Waals surface area contributed by atoms with Crippen molar-refractivity contribution < 1.29 is 64.0 Å². The third kappa shape index (κ3) is 5.36. The Morgan fingerprint density at radius 1 is 0.810 bits per heavy atom. The Morgan fingerprint density at radius 3 is 1.88 bits per heavy atom. The molecule has 6 nitrogen and oxygen atoms in total. The molecule has 2 saturated heterocycles. The second kappa shape index (κ2) is 10.2. The van der Waals surface area contributed by atoms with Gasteiger partial charge in [-0.05, 0) is 73.1 Å². The maximum atomic E-state index is 14.0. The lowest BCUT2D eigenvalue weighted by Crippen LogP contribution is -2.31. The zero-order valence-electron chi connectivity index (χ0n) is 21.6. The fraction of sp³-hybridized carbons (Fsp3) is 0.519. The maximum absolute atomic E-state index is 14.0. The van der Waals surface area contributed by atoms with Gasteiger partial charge in [-0.3, -0.25) is 4.90 Å². The summed E-state index contributed by atoms with van der Waals surface area (Å²) in [6.45, 7) is 0. The van der Waals surface area contributed by atoms with Crippen LogP contribution in [0.5, 0.6) is 5.75 Å². The van der Waals surface area contributed by atoms with E-state index >= 15 is 0 Å². The Balaban J connectivity index is 1.55. The lowest BCUT2D eigenvalue weighted by molar-refractivity contribution is -0.143. The highest BCUT2D eigenvalue weighted by molar-refractivity contribution is 5.73. The van der Waals surface area contributed by atoms with Crippen LogP contribution < -0.4 is 4.74 Å². The third-order valence-corrected chi connectivity index (χ3v) is 8.16. The highest BCUT2D eigenvalue weighted by Gasteiger charge is 2.52. The van der Waals surface area contributed by atoms with Gasteiger partial charge in [0.05, 0.1) is 48.1 Å². The largest absolute Gasteiger partial charge is 0.496 e. The first-order valence-electron chi connectivity index (χ1n) is 12.8. The molecule has 3 fully saturated rings. The number of fused-ring (bicyclic) bond motifs is 1. The number of ether oxygens (including phenoxy) is 2. The van der Waals surface area contributed by atoms with Crippen molar-refractivity contribution in [2.45, 2.75) is 80.5 Å². The molecule has 2 N–H and O–H groups in total. The van der Waals surface area contributed by atoms with Gasteiger partial charge in [0.25, 0.3) is 0 Å². The zero-order chi connectivity index (χ0) is 30.9. The average molecular weight is 613 g/mol. The average Bonchev–Trinajstić information content (AvgIpc) is 3.56. The summed E-state index contributed by atoms with van der Waals surface area (Å²) in [6.07, 6.45) is -20.3. The quantitative estimate of drug-likeness (QED) is 0.374. The van der Waals surface area contributed by atoms with E-state index in [4.69, 9.17) is 9.47 Å². The Bertz CT molecular complexity index is 1330. The number of hydrogen-bond donors (Lipinski definition) is 2. The molecule has 2 aromatic rings. The number of aliphatic hydroxyl groups excluding tert-OH is 2. The van der Waals surface area contributed by atoms with E-state index in [0.29, 0.717) is 12.1 Å². The highest BCUT2D eigenvalue weighted by Crippen LogP contribution is 2.52. The molecule has 0 bridgehead atoms. The van der Waals surface area contributed by atoms with Gasteiger partial charge >= 0.3 is 24.6 Å². The number of nitrogens with zero attached hydrogens (tertiary/aromatic N) is 1. The number of hydrogen-bond acceptors (Lipinski definition) is 5. The van der Waals surface area contributed by atoms with Crippen molar-refractivity contribution >= 4 is 6.09 Å². The van der Waals surface area contributed by atoms with Crippen molar-refractivity contribution in [3.05, 3.63) is 63.7 Å². The first-order valence-corrected chi connectivity index (χ1v) is 12.8. The van der Waals surface area contributed by atoms with Crippen LogP contribution in [0.15, 0.2) is 30.3 Å². The highest BCUT2D eigenvalue weighted by atomic mass is 19.4. The summed E-state index contributed by atoms with van der Waals surface area (Å²) in [6, 6.07) is 0.855. The standard InChI is InChI=1S/C27H24F9NO5/c1-41-22-10-17(27(34,35)36)15(11-6-20(38)21(39)7-11)9-16(22)18-2-3-19-23(42-24(40)37(18)19)12-4-13(25(28,29)30)8-14(5-12)26(31,32)33/h4-5,8-11,18-21,23,38-39H,2-3,6-7H2,1H3/t11?,18-,19-,20-,21+,23+/m0/s1. The molecule has 0 aromatic heterocycles. The van der Waals surface area contributed by atoms with Crippen LogP contribution in [-0.2, 0) is 23.3 Å². The predicted molar refractivity (Wildman–Crippen MR) is 125 cm³/mol. The summed E-state index contributed by atoms with van der Waals surface area (Å²) in [4.78, 5) is 14.1. The smallest absolute Gasteiger partial charge is 0.416 e. The van der Waals surface area contributed by atoms with E-state index in [1.807, 2.05) is 0 Å². The number of benzene rings is 2. The number of aliphatic hydroxyl groups is 2. The second-order valence-corrected chi connectivity index (χ2v) is 10.7.